The van der Waals surface area contributed by atoms with Crippen LogP contribution in [0.4, 0.5) is 0 Å². The maximum absolute atomic E-state index is 14.1. The number of amides is 8. The second-order valence-corrected chi connectivity index (χ2v) is 20.5. The van der Waals surface area contributed by atoms with Crippen LogP contribution in [0.2, 0.25) is 0 Å². The number of benzene rings is 1. The molecule has 1 heterocycles. The minimum Gasteiger partial charge on any atom is -0.481 e. The fourth-order valence-electron chi connectivity index (χ4n) is 7.83. The van der Waals surface area contributed by atoms with E-state index in [1.54, 1.807) is 79.8 Å². The molecule has 0 radical (unpaired) electrons. The third-order valence-corrected chi connectivity index (χ3v) is 11.7. The largest absolute Gasteiger partial charge is 0.481 e. The number of aliphatic hydroxyl groups is 2. The van der Waals surface area contributed by atoms with Gasteiger partial charge in [0.25, 0.3) is 0 Å². The Morgan fingerprint density at radius 3 is 1.42 bits per heavy atom. The first kappa shape index (κ1) is 63.5. The van der Waals surface area contributed by atoms with Crippen molar-refractivity contribution in [3.8, 4) is 0 Å². The van der Waals surface area contributed by atoms with E-state index in [0.29, 0.717) is 5.56 Å². The van der Waals surface area contributed by atoms with Crippen molar-refractivity contribution in [2.45, 2.75) is 175 Å². The van der Waals surface area contributed by atoms with Crippen LogP contribution in [0.25, 0.3) is 10.9 Å². The number of hydrogen-bond donors (Lipinski definition) is 14. The molecule has 8 amide bonds. The van der Waals surface area contributed by atoms with Gasteiger partial charge in [-0.1, -0.05) is 73.6 Å². The number of rotatable bonds is 32. The van der Waals surface area contributed by atoms with E-state index in [4.69, 9.17) is 10.8 Å². The summed E-state index contributed by atoms with van der Waals surface area (Å²) in [6.07, 6.45) is -0.347. The number of aliphatic hydroxyl groups excluding tert-OH is 2. The van der Waals surface area contributed by atoms with Crippen molar-refractivity contribution in [3.05, 3.63) is 36.0 Å². The predicted octanol–water partition coefficient (Wildman–Crippen LogP) is -0.557. The molecule has 0 spiro atoms. The summed E-state index contributed by atoms with van der Waals surface area (Å²) < 4.78 is 0. The highest BCUT2D eigenvalue weighted by molar-refractivity contribution is 5.98. The van der Waals surface area contributed by atoms with Crippen LogP contribution in [0.3, 0.4) is 0 Å². The molecule has 10 atom stereocenters. The Kier molecular flexibility index (Phi) is 26.2. The lowest BCUT2D eigenvalue weighted by Crippen LogP contribution is -2.62. The van der Waals surface area contributed by atoms with Crippen molar-refractivity contribution in [2.75, 3.05) is 6.61 Å². The quantitative estimate of drug-likeness (QED) is 0.0437. The van der Waals surface area contributed by atoms with Crippen molar-refractivity contribution in [2.24, 2.45) is 29.4 Å². The number of carbonyl (C=O) groups excluding carboxylic acids is 8. The molecule has 15 N–H and O–H groups in total. The molecule has 74 heavy (non-hydrogen) atoms. The average Bonchev–Trinajstić information content (AvgIpc) is 3.71. The van der Waals surface area contributed by atoms with Crippen LogP contribution in [0.5, 0.6) is 0 Å². The number of para-hydroxylation sites is 1. The Morgan fingerprint density at radius 1 is 0.527 bits per heavy atom. The maximum Gasteiger partial charge on any atom is 0.326 e. The highest BCUT2D eigenvalue weighted by Crippen LogP contribution is 2.20. The Bertz CT molecular complexity index is 2250. The van der Waals surface area contributed by atoms with Crippen molar-refractivity contribution < 1.29 is 68.4 Å². The SMILES string of the molecule is CC(C)C[C@H](NC(=O)[C@H](CO)NC(=O)[C@H](CC(C)C)NC(=O)[C@H](CC(C)C)NC(=O)[C@@H](NC(=O)[C@H](C)NC(=O)[C@H](Cc1c[nH]c2ccccc12)NC(=O)[C@H](CC(C)C)NC(=O)[C@@H](N)CCC(=O)O)[C@@H](C)O)C(=O)O. The molecule has 0 aliphatic rings. The number of fused-ring (bicyclic) bond motifs is 1. The van der Waals surface area contributed by atoms with Gasteiger partial charge in [0.05, 0.1) is 18.8 Å². The maximum atomic E-state index is 14.1. The van der Waals surface area contributed by atoms with E-state index < -0.39 is 126 Å². The number of aliphatic carboxylic acids is 2. The van der Waals surface area contributed by atoms with E-state index in [1.165, 1.54) is 13.8 Å². The lowest BCUT2D eigenvalue weighted by molar-refractivity contribution is -0.143. The van der Waals surface area contributed by atoms with Gasteiger partial charge in [-0.05, 0) is 81.3 Å². The molecule has 0 saturated carbocycles. The second-order valence-electron chi connectivity index (χ2n) is 20.5. The van der Waals surface area contributed by atoms with Crippen LogP contribution < -0.4 is 48.3 Å². The van der Waals surface area contributed by atoms with E-state index in [1.807, 2.05) is 6.07 Å². The molecule has 1 aromatic carbocycles. The zero-order valence-electron chi connectivity index (χ0n) is 44.1. The lowest BCUT2D eigenvalue weighted by atomic mass is 9.99. The molecule has 2 rings (SSSR count). The number of hydrogen-bond acceptors (Lipinski definition) is 13. The Morgan fingerprint density at radius 2 is 0.946 bits per heavy atom. The molecule has 414 valence electrons. The monoisotopic (exact) mass is 1040 g/mol. The molecule has 0 fully saturated rings. The number of carboxylic acids is 2. The number of carbonyl (C=O) groups is 10. The van der Waals surface area contributed by atoms with Gasteiger partial charge in [-0.15, -0.1) is 0 Å². The lowest BCUT2D eigenvalue weighted by Gasteiger charge is -2.29. The second kappa shape index (κ2) is 30.5. The summed E-state index contributed by atoms with van der Waals surface area (Å²) in [5.74, 6) is -10.2. The Balaban J connectivity index is 2.33. The first-order valence-electron chi connectivity index (χ1n) is 25.0. The third-order valence-electron chi connectivity index (χ3n) is 11.7. The molecule has 0 saturated heterocycles. The first-order valence-corrected chi connectivity index (χ1v) is 25.0. The van der Waals surface area contributed by atoms with E-state index in [-0.39, 0.29) is 68.6 Å². The van der Waals surface area contributed by atoms with Crippen molar-refractivity contribution in [3.63, 3.8) is 0 Å². The highest BCUT2D eigenvalue weighted by Gasteiger charge is 2.36. The third kappa shape index (κ3) is 21.4. The van der Waals surface area contributed by atoms with Crippen LogP contribution in [0, 0.1) is 23.7 Å². The molecule has 2 aromatic rings. The molecular weight excluding hydrogens is 965 g/mol. The van der Waals surface area contributed by atoms with Crippen LogP contribution >= 0.6 is 0 Å². The number of aromatic amines is 1. The van der Waals surface area contributed by atoms with Crippen LogP contribution in [-0.4, -0.2) is 152 Å². The molecule has 0 aliphatic heterocycles. The Hall–Kier alpha value is -6.66. The summed E-state index contributed by atoms with van der Waals surface area (Å²) in [7, 11) is 0. The number of carboxylic acid groups (broad SMARTS) is 2. The van der Waals surface area contributed by atoms with Crippen LogP contribution in [0.1, 0.15) is 113 Å². The fourth-order valence-corrected chi connectivity index (χ4v) is 7.83. The van der Waals surface area contributed by atoms with Gasteiger partial charge >= 0.3 is 11.9 Å². The minimum absolute atomic E-state index is 0.0113. The number of H-pyrrole nitrogens is 1. The van der Waals surface area contributed by atoms with Gasteiger partial charge in [-0.3, -0.25) is 43.2 Å². The smallest absolute Gasteiger partial charge is 0.326 e. The van der Waals surface area contributed by atoms with Crippen molar-refractivity contribution in [1.82, 2.24) is 47.5 Å². The van der Waals surface area contributed by atoms with Gasteiger partial charge in [-0.2, -0.15) is 0 Å². The summed E-state index contributed by atoms with van der Waals surface area (Å²) in [4.78, 5) is 135. The van der Waals surface area contributed by atoms with Crippen LogP contribution in [-0.2, 0) is 54.4 Å². The topological polar surface area (TPSA) is 390 Å². The van der Waals surface area contributed by atoms with Crippen molar-refractivity contribution >= 4 is 70.1 Å². The van der Waals surface area contributed by atoms with Gasteiger partial charge in [0.15, 0.2) is 0 Å². The normalized spacial score (nSPS) is 15.6. The summed E-state index contributed by atoms with van der Waals surface area (Å²) in [6.45, 7) is 15.8. The van der Waals surface area contributed by atoms with Gasteiger partial charge in [-0.25, -0.2) is 4.79 Å². The van der Waals surface area contributed by atoms with Crippen molar-refractivity contribution in [1.29, 1.82) is 0 Å². The zero-order valence-corrected chi connectivity index (χ0v) is 44.1. The molecule has 0 unspecified atom stereocenters. The number of aromatic nitrogens is 1. The van der Waals surface area contributed by atoms with Crippen LogP contribution in [0.15, 0.2) is 30.5 Å². The number of nitrogens with two attached hydrogens (primary N) is 1. The molecule has 24 heteroatoms. The summed E-state index contributed by atoms with van der Waals surface area (Å²) in [6, 6.07) is -5.23. The summed E-state index contributed by atoms with van der Waals surface area (Å²) in [5.41, 5.74) is 7.28. The minimum atomic E-state index is -1.70. The summed E-state index contributed by atoms with van der Waals surface area (Å²) in [5, 5.41) is 60.3. The zero-order chi connectivity index (χ0) is 56.1. The molecule has 0 bridgehead atoms. The summed E-state index contributed by atoms with van der Waals surface area (Å²) >= 11 is 0. The van der Waals surface area contributed by atoms with Gasteiger partial charge in [0.1, 0.15) is 48.3 Å². The fraction of sp³-hybridized carbons (Fsp3) is 0.640. The highest BCUT2D eigenvalue weighted by atomic mass is 16.4. The van der Waals surface area contributed by atoms with E-state index >= 15 is 0 Å². The van der Waals surface area contributed by atoms with Gasteiger partial charge < -0.3 is 73.7 Å². The first-order chi connectivity index (χ1) is 34.5. The standard InChI is InChI=1S/C50H80N10O14/c1-24(2)17-34(54-43(66)32(51)15-16-40(63)64)45(68)56-37(21-30-22-52-33-14-12-11-13-31(30)33)44(67)53-28(9)42(65)60-41(29(10)62)49(72)57-36(19-26(5)6)46(69)55-35(18-25(3)4)47(70)59-39(23-61)48(71)58-38(50(73)74)20-27(7)8/h11-14,22,24-29,32,34-39,41,52,61-62H,15-21,23,51H2,1-10H3,(H,53,67)(H,54,66)(H,55,69)(H,56,68)(H,57,72)(H,58,71)(H,59,70)(H,60,65)(H,63,64)(H,73,74)/t28-,29+,32-,34-,35-,36-,37-,38-,39-,41-/m0/s1. The van der Waals surface area contributed by atoms with Gasteiger partial charge in [0, 0.05) is 29.9 Å². The molecule has 0 aliphatic carbocycles. The Labute approximate surface area is 431 Å². The van der Waals surface area contributed by atoms with Gasteiger partial charge in [0.2, 0.25) is 47.3 Å². The van der Waals surface area contributed by atoms with E-state index in [0.717, 1.165) is 10.9 Å². The molecular formula is C50H80N10O14. The molecule has 1 aromatic heterocycles. The van der Waals surface area contributed by atoms with E-state index in [2.05, 4.69) is 47.5 Å². The number of nitrogens with one attached hydrogen (secondary N) is 9. The van der Waals surface area contributed by atoms with E-state index in [9.17, 15) is 63.3 Å². The predicted molar refractivity (Wildman–Crippen MR) is 272 cm³/mol. The molecule has 24 nitrogen and oxygen atoms in total. The average molecular weight is 1050 g/mol.